The molecule has 1 amide bonds. The van der Waals surface area contributed by atoms with Crippen molar-refractivity contribution in [2.45, 2.75) is 20.5 Å². The van der Waals surface area contributed by atoms with Crippen LogP contribution in [0.2, 0.25) is 5.02 Å². The van der Waals surface area contributed by atoms with Gasteiger partial charge in [-0.05, 0) is 68.0 Å². The zero-order chi connectivity index (χ0) is 26.8. The summed E-state index contributed by atoms with van der Waals surface area (Å²) in [5.41, 5.74) is 2.06. The highest BCUT2D eigenvalue weighted by Crippen LogP contribution is 2.38. The van der Waals surface area contributed by atoms with Crippen LogP contribution in [0.1, 0.15) is 35.3 Å². The molecule has 0 heterocycles. The Balaban J connectivity index is 1.80. The van der Waals surface area contributed by atoms with E-state index >= 15 is 0 Å². The van der Waals surface area contributed by atoms with E-state index in [1.165, 1.54) is 18.2 Å². The summed E-state index contributed by atoms with van der Waals surface area (Å²) in [6.45, 7) is 4.44. The lowest BCUT2D eigenvalue weighted by Crippen LogP contribution is -2.13. The highest BCUT2D eigenvalue weighted by Gasteiger charge is 2.16. The molecule has 0 aliphatic heterocycles. The lowest BCUT2D eigenvalue weighted by atomic mass is 10.1. The largest absolute Gasteiger partial charge is 0.490 e. The molecule has 0 spiro atoms. The zero-order valence-electron chi connectivity index (χ0n) is 20.2. The number of nitriles is 1. The van der Waals surface area contributed by atoms with E-state index in [1.807, 2.05) is 37.3 Å². The Hall–Kier alpha value is -3.80. The number of hydrogen-bond acceptors (Lipinski definition) is 6. The molecule has 37 heavy (non-hydrogen) atoms. The van der Waals surface area contributed by atoms with Crippen LogP contribution in [0.5, 0.6) is 11.5 Å². The summed E-state index contributed by atoms with van der Waals surface area (Å²) in [5, 5.41) is 12.5. The van der Waals surface area contributed by atoms with E-state index in [2.05, 4.69) is 21.2 Å². The first-order valence-corrected chi connectivity index (χ1v) is 12.6. The second-order valence-electron chi connectivity index (χ2n) is 7.56. The van der Waals surface area contributed by atoms with Crippen molar-refractivity contribution in [2.24, 2.45) is 0 Å². The van der Waals surface area contributed by atoms with Crippen LogP contribution in [0.25, 0.3) is 6.08 Å². The van der Waals surface area contributed by atoms with Gasteiger partial charge in [0, 0.05) is 15.7 Å². The van der Waals surface area contributed by atoms with Crippen molar-refractivity contribution < 1.29 is 23.8 Å². The number of amides is 1. The van der Waals surface area contributed by atoms with Gasteiger partial charge in [-0.25, -0.2) is 4.79 Å². The lowest BCUT2D eigenvalue weighted by molar-refractivity contribution is -0.112. The second-order valence-corrected chi connectivity index (χ2v) is 8.83. The average molecular weight is 584 g/mol. The second kappa shape index (κ2) is 13.5. The van der Waals surface area contributed by atoms with Gasteiger partial charge in [0.05, 0.1) is 23.8 Å². The molecular weight excluding hydrogens is 560 g/mol. The number of anilines is 1. The number of carbonyl (C=O) groups excluding carboxylic acids is 2. The predicted octanol–water partition coefficient (Wildman–Crippen LogP) is 6.80. The number of carbonyl (C=O) groups is 2. The van der Waals surface area contributed by atoms with Gasteiger partial charge in [-0.3, -0.25) is 4.79 Å². The Bertz CT molecular complexity index is 1350. The fraction of sp³-hybridized carbons (Fsp3) is 0.179. The van der Waals surface area contributed by atoms with Crippen LogP contribution in [0.4, 0.5) is 5.69 Å². The summed E-state index contributed by atoms with van der Waals surface area (Å²) < 4.78 is 17.5. The molecular formula is C28H24BrClN2O5. The molecule has 0 aliphatic carbocycles. The fourth-order valence-corrected chi connectivity index (χ4v) is 3.93. The lowest BCUT2D eigenvalue weighted by Gasteiger charge is -2.15. The number of nitrogens with one attached hydrogen (secondary N) is 1. The normalized spacial score (nSPS) is 10.8. The maximum Gasteiger partial charge on any atom is 0.338 e. The Morgan fingerprint density at radius 2 is 1.78 bits per heavy atom. The van der Waals surface area contributed by atoms with Gasteiger partial charge in [0.15, 0.2) is 11.5 Å². The summed E-state index contributed by atoms with van der Waals surface area (Å²) in [6.07, 6.45) is 1.41. The van der Waals surface area contributed by atoms with Gasteiger partial charge >= 0.3 is 5.97 Å². The first kappa shape index (κ1) is 27.8. The summed E-state index contributed by atoms with van der Waals surface area (Å²) in [5.74, 6) is -0.319. The van der Waals surface area contributed by atoms with E-state index in [4.69, 9.17) is 25.8 Å². The first-order valence-electron chi connectivity index (χ1n) is 11.4. The van der Waals surface area contributed by atoms with E-state index in [1.54, 1.807) is 31.2 Å². The minimum Gasteiger partial charge on any atom is -0.490 e. The smallest absolute Gasteiger partial charge is 0.338 e. The van der Waals surface area contributed by atoms with Gasteiger partial charge < -0.3 is 19.5 Å². The van der Waals surface area contributed by atoms with E-state index in [9.17, 15) is 14.9 Å². The fourth-order valence-electron chi connectivity index (χ4n) is 3.26. The summed E-state index contributed by atoms with van der Waals surface area (Å²) in [7, 11) is 0. The molecule has 3 aromatic carbocycles. The van der Waals surface area contributed by atoms with Gasteiger partial charge in [0.1, 0.15) is 18.2 Å². The van der Waals surface area contributed by atoms with Crippen LogP contribution < -0.4 is 14.8 Å². The van der Waals surface area contributed by atoms with Crippen molar-refractivity contribution in [3.63, 3.8) is 0 Å². The molecule has 0 fully saturated rings. The highest BCUT2D eigenvalue weighted by molar-refractivity contribution is 9.10. The molecule has 0 radical (unpaired) electrons. The number of halogens is 2. The van der Waals surface area contributed by atoms with Gasteiger partial charge in [-0.2, -0.15) is 5.26 Å². The minimum absolute atomic E-state index is 0.144. The molecule has 0 unspecified atom stereocenters. The first-order chi connectivity index (χ1) is 17.9. The average Bonchev–Trinajstić information content (AvgIpc) is 2.88. The number of benzene rings is 3. The maximum atomic E-state index is 12.7. The monoisotopic (exact) mass is 582 g/mol. The van der Waals surface area contributed by atoms with Gasteiger partial charge in [0.25, 0.3) is 5.91 Å². The minimum atomic E-state index is -0.616. The highest BCUT2D eigenvalue weighted by atomic mass is 79.9. The molecule has 3 aromatic rings. The third kappa shape index (κ3) is 7.59. The third-order valence-corrected chi connectivity index (χ3v) is 6.05. The number of ether oxygens (including phenoxy) is 3. The van der Waals surface area contributed by atoms with Gasteiger partial charge in [-0.15, -0.1) is 0 Å². The Kier molecular flexibility index (Phi) is 10.1. The van der Waals surface area contributed by atoms with Crippen molar-refractivity contribution in [3.8, 4) is 17.6 Å². The molecule has 0 saturated heterocycles. The number of nitrogens with zero attached hydrogens (tertiary/aromatic N) is 1. The molecule has 0 atom stereocenters. The number of hydrogen-bond donors (Lipinski definition) is 1. The van der Waals surface area contributed by atoms with Crippen molar-refractivity contribution in [1.29, 1.82) is 5.26 Å². The van der Waals surface area contributed by atoms with E-state index in [0.29, 0.717) is 34.9 Å². The number of esters is 1. The Morgan fingerprint density at radius 3 is 2.43 bits per heavy atom. The van der Waals surface area contributed by atoms with Crippen LogP contribution in [0, 0.1) is 11.3 Å². The van der Waals surface area contributed by atoms with E-state index in [-0.39, 0.29) is 23.8 Å². The summed E-state index contributed by atoms with van der Waals surface area (Å²) >= 11 is 10.0. The predicted molar refractivity (Wildman–Crippen MR) is 146 cm³/mol. The molecule has 1 N–H and O–H groups in total. The third-order valence-electron chi connectivity index (χ3n) is 4.99. The Morgan fingerprint density at radius 1 is 1.05 bits per heavy atom. The van der Waals surface area contributed by atoms with Gasteiger partial charge in [0.2, 0.25) is 0 Å². The summed E-state index contributed by atoms with van der Waals surface area (Å²) in [6, 6.07) is 19.0. The van der Waals surface area contributed by atoms with Crippen LogP contribution in [0.15, 0.2) is 70.7 Å². The zero-order valence-corrected chi connectivity index (χ0v) is 22.6. The van der Waals surface area contributed by atoms with Crippen molar-refractivity contribution >= 4 is 51.2 Å². The summed E-state index contributed by atoms with van der Waals surface area (Å²) in [4.78, 5) is 24.5. The molecule has 0 aliphatic rings. The molecule has 0 aromatic heterocycles. The maximum absolute atomic E-state index is 12.7. The van der Waals surface area contributed by atoms with Gasteiger partial charge in [-0.1, -0.05) is 45.7 Å². The van der Waals surface area contributed by atoms with Crippen molar-refractivity contribution in [2.75, 3.05) is 18.5 Å². The molecule has 190 valence electrons. The van der Waals surface area contributed by atoms with Crippen LogP contribution in [-0.4, -0.2) is 25.1 Å². The number of rotatable bonds is 10. The van der Waals surface area contributed by atoms with Crippen molar-refractivity contribution in [1.82, 2.24) is 0 Å². The molecule has 0 bridgehead atoms. The molecule has 7 nitrogen and oxygen atoms in total. The molecule has 0 saturated carbocycles. The topological polar surface area (TPSA) is 97.7 Å². The van der Waals surface area contributed by atoms with Crippen LogP contribution >= 0.6 is 27.5 Å². The SMILES string of the molecule is CCOC(=O)c1ccc(NC(=O)/C(C#N)=C/c2cc(Cl)c(OCc3ccccc3Br)c(OCC)c2)cc1. The van der Waals surface area contributed by atoms with Crippen LogP contribution in [-0.2, 0) is 16.1 Å². The van der Waals surface area contributed by atoms with Crippen LogP contribution in [0.3, 0.4) is 0 Å². The quantitative estimate of drug-likeness (QED) is 0.160. The molecule has 9 heteroatoms. The van der Waals surface area contributed by atoms with Crippen molar-refractivity contribution in [3.05, 3.63) is 92.4 Å². The van der Waals surface area contributed by atoms with E-state index in [0.717, 1.165) is 10.0 Å². The van der Waals surface area contributed by atoms with E-state index < -0.39 is 11.9 Å². The Labute approximate surface area is 228 Å². The standard InChI is InChI=1S/C28H24BrClN2O5/c1-3-35-25-15-18(14-24(30)26(25)37-17-20-7-5-6-8-23(20)29)13-21(16-31)27(33)32-22-11-9-19(10-12-22)28(34)36-4-2/h5-15H,3-4,17H2,1-2H3,(H,32,33)/b21-13+. The molecule has 3 rings (SSSR count).